The Morgan fingerprint density at radius 2 is 1.89 bits per heavy atom. The zero-order valence-corrected chi connectivity index (χ0v) is 11.5. The summed E-state index contributed by atoms with van der Waals surface area (Å²) in [5.74, 6) is -1.69. The summed E-state index contributed by atoms with van der Waals surface area (Å²) in [6, 6.07) is 3.81. The Morgan fingerprint density at radius 1 is 1.21 bits per heavy atom. The minimum atomic E-state index is -0.844. The highest BCUT2D eigenvalue weighted by Gasteiger charge is 2.08. The molecule has 108 valence electrons. The minimum absolute atomic E-state index is 0.409. The highest BCUT2D eigenvalue weighted by molar-refractivity contribution is 5.17. The molecule has 5 heteroatoms. The summed E-state index contributed by atoms with van der Waals surface area (Å²) >= 11 is 0. The summed E-state index contributed by atoms with van der Waals surface area (Å²) in [6.45, 7) is 7.34. The average Bonchev–Trinajstić information content (AvgIpc) is 2.40. The molecule has 1 unspecified atom stereocenters. The molecule has 0 bridgehead atoms. The molecule has 3 nitrogen and oxygen atoms in total. The molecule has 19 heavy (non-hydrogen) atoms. The number of rotatable bonds is 8. The Labute approximate surface area is 113 Å². The Bertz CT molecular complexity index is 384. The van der Waals surface area contributed by atoms with Crippen molar-refractivity contribution in [3.05, 3.63) is 35.4 Å². The molecule has 0 amide bonds. The molecule has 1 aromatic rings. The molecule has 1 atom stereocenters. The van der Waals surface area contributed by atoms with Crippen LogP contribution in [0.4, 0.5) is 8.78 Å². The third-order valence-electron chi connectivity index (χ3n) is 3.06. The first kappa shape index (κ1) is 16.0. The van der Waals surface area contributed by atoms with Gasteiger partial charge in [-0.3, -0.25) is 0 Å². The van der Waals surface area contributed by atoms with Crippen molar-refractivity contribution in [1.82, 2.24) is 10.2 Å². The van der Waals surface area contributed by atoms with Crippen LogP contribution in [0.3, 0.4) is 0 Å². The summed E-state index contributed by atoms with van der Waals surface area (Å²) in [7, 11) is 0. The molecule has 0 fully saturated rings. The van der Waals surface area contributed by atoms with Gasteiger partial charge in [-0.1, -0.05) is 19.9 Å². The fraction of sp³-hybridized carbons (Fsp3) is 0.571. The average molecular weight is 272 g/mol. The Kier molecular flexibility index (Phi) is 6.91. The van der Waals surface area contributed by atoms with Crippen molar-refractivity contribution in [2.45, 2.75) is 26.5 Å². The molecule has 0 radical (unpaired) electrons. The predicted octanol–water partition coefficient (Wildman–Crippen LogP) is 1.76. The normalized spacial score (nSPS) is 12.9. The number of benzene rings is 1. The first-order valence-corrected chi connectivity index (χ1v) is 6.61. The largest absolute Gasteiger partial charge is 0.390 e. The molecule has 0 aliphatic carbocycles. The Morgan fingerprint density at radius 3 is 2.47 bits per heavy atom. The number of hydrogen-bond donors (Lipinski definition) is 2. The predicted molar refractivity (Wildman–Crippen MR) is 71.9 cm³/mol. The fourth-order valence-electron chi connectivity index (χ4n) is 1.88. The van der Waals surface area contributed by atoms with Crippen molar-refractivity contribution in [3.63, 3.8) is 0 Å². The van der Waals surface area contributed by atoms with Gasteiger partial charge in [0.2, 0.25) is 0 Å². The summed E-state index contributed by atoms with van der Waals surface area (Å²) in [5.41, 5.74) is 0.661. The molecular formula is C14H22F2N2O. The third kappa shape index (κ3) is 5.63. The monoisotopic (exact) mass is 272 g/mol. The molecule has 0 saturated heterocycles. The maximum Gasteiger partial charge on any atom is 0.159 e. The second-order valence-electron chi connectivity index (χ2n) is 4.52. The minimum Gasteiger partial charge on any atom is -0.390 e. The van der Waals surface area contributed by atoms with E-state index in [2.05, 4.69) is 10.2 Å². The molecule has 0 heterocycles. The second kappa shape index (κ2) is 8.19. The number of nitrogens with zero attached hydrogens (tertiary/aromatic N) is 1. The second-order valence-corrected chi connectivity index (χ2v) is 4.52. The van der Waals surface area contributed by atoms with Gasteiger partial charge in [0.25, 0.3) is 0 Å². The number of halogens is 2. The summed E-state index contributed by atoms with van der Waals surface area (Å²) in [6.07, 6.45) is -0.467. The summed E-state index contributed by atoms with van der Waals surface area (Å²) in [5, 5.41) is 12.9. The fourth-order valence-corrected chi connectivity index (χ4v) is 1.88. The number of aliphatic hydroxyl groups is 1. The molecule has 0 spiro atoms. The van der Waals surface area contributed by atoms with Crippen LogP contribution in [0.5, 0.6) is 0 Å². The lowest BCUT2D eigenvalue weighted by Gasteiger charge is -2.22. The van der Waals surface area contributed by atoms with E-state index < -0.39 is 17.7 Å². The topological polar surface area (TPSA) is 35.5 Å². The highest BCUT2D eigenvalue weighted by atomic mass is 19.2. The SMILES string of the molecule is CCN(CC)CC(O)CNCc1ccc(F)c(F)c1. The van der Waals surface area contributed by atoms with Gasteiger partial charge in [-0.2, -0.15) is 0 Å². The van der Waals surface area contributed by atoms with Crippen LogP contribution in [0.1, 0.15) is 19.4 Å². The zero-order valence-electron chi connectivity index (χ0n) is 11.5. The summed E-state index contributed by atoms with van der Waals surface area (Å²) < 4.78 is 25.7. The van der Waals surface area contributed by atoms with E-state index in [-0.39, 0.29) is 0 Å². The van der Waals surface area contributed by atoms with Crippen LogP contribution in [0.25, 0.3) is 0 Å². The maximum atomic E-state index is 13.0. The van der Waals surface area contributed by atoms with E-state index >= 15 is 0 Å². The van der Waals surface area contributed by atoms with Gasteiger partial charge in [-0.15, -0.1) is 0 Å². The van der Waals surface area contributed by atoms with Crippen molar-refractivity contribution in [2.24, 2.45) is 0 Å². The standard InChI is InChI=1S/C14H22F2N2O/c1-3-18(4-2)10-12(19)9-17-8-11-5-6-13(15)14(16)7-11/h5-7,12,17,19H,3-4,8-10H2,1-2H3. The lowest BCUT2D eigenvalue weighted by Crippen LogP contribution is -2.38. The van der Waals surface area contributed by atoms with Gasteiger partial charge in [-0.25, -0.2) is 8.78 Å². The van der Waals surface area contributed by atoms with Gasteiger partial charge >= 0.3 is 0 Å². The van der Waals surface area contributed by atoms with Crippen LogP contribution in [-0.2, 0) is 6.54 Å². The van der Waals surface area contributed by atoms with Crippen LogP contribution < -0.4 is 5.32 Å². The highest BCUT2D eigenvalue weighted by Crippen LogP contribution is 2.08. The van der Waals surface area contributed by atoms with E-state index in [1.54, 1.807) is 0 Å². The van der Waals surface area contributed by atoms with E-state index in [9.17, 15) is 13.9 Å². The van der Waals surface area contributed by atoms with Crippen molar-refractivity contribution < 1.29 is 13.9 Å². The van der Waals surface area contributed by atoms with Crippen LogP contribution >= 0.6 is 0 Å². The zero-order chi connectivity index (χ0) is 14.3. The number of aliphatic hydroxyl groups excluding tert-OH is 1. The first-order valence-electron chi connectivity index (χ1n) is 6.61. The molecule has 0 aliphatic rings. The molecule has 0 aromatic heterocycles. The summed E-state index contributed by atoms with van der Waals surface area (Å²) in [4.78, 5) is 2.13. The van der Waals surface area contributed by atoms with Crippen molar-refractivity contribution in [2.75, 3.05) is 26.2 Å². The lowest BCUT2D eigenvalue weighted by molar-refractivity contribution is 0.116. The van der Waals surface area contributed by atoms with Crippen LogP contribution in [-0.4, -0.2) is 42.3 Å². The van der Waals surface area contributed by atoms with E-state index in [0.717, 1.165) is 19.2 Å². The molecule has 1 rings (SSSR count). The van der Waals surface area contributed by atoms with Crippen LogP contribution in [0, 0.1) is 11.6 Å². The Balaban J connectivity index is 2.31. The van der Waals surface area contributed by atoms with Crippen molar-refractivity contribution in [3.8, 4) is 0 Å². The van der Waals surface area contributed by atoms with Gasteiger partial charge in [0.1, 0.15) is 0 Å². The van der Waals surface area contributed by atoms with E-state index in [1.165, 1.54) is 12.1 Å². The smallest absolute Gasteiger partial charge is 0.159 e. The lowest BCUT2D eigenvalue weighted by atomic mass is 10.2. The van der Waals surface area contributed by atoms with E-state index in [1.807, 2.05) is 13.8 Å². The molecule has 0 saturated carbocycles. The van der Waals surface area contributed by atoms with Crippen molar-refractivity contribution in [1.29, 1.82) is 0 Å². The van der Waals surface area contributed by atoms with Crippen molar-refractivity contribution >= 4 is 0 Å². The molecule has 0 aliphatic heterocycles. The van der Waals surface area contributed by atoms with Gasteiger partial charge in [0.05, 0.1) is 6.10 Å². The number of nitrogens with one attached hydrogen (secondary N) is 1. The van der Waals surface area contributed by atoms with Gasteiger partial charge in [0.15, 0.2) is 11.6 Å². The van der Waals surface area contributed by atoms with Crippen LogP contribution in [0.15, 0.2) is 18.2 Å². The Hall–Kier alpha value is -1.04. The number of hydrogen-bond acceptors (Lipinski definition) is 3. The van der Waals surface area contributed by atoms with Gasteiger partial charge in [0, 0.05) is 19.6 Å². The third-order valence-corrected chi connectivity index (χ3v) is 3.06. The molecule has 2 N–H and O–H groups in total. The molecular weight excluding hydrogens is 250 g/mol. The van der Waals surface area contributed by atoms with E-state index in [0.29, 0.717) is 25.2 Å². The van der Waals surface area contributed by atoms with Crippen LogP contribution in [0.2, 0.25) is 0 Å². The molecule has 1 aromatic carbocycles. The van der Waals surface area contributed by atoms with Gasteiger partial charge in [-0.05, 0) is 30.8 Å². The van der Waals surface area contributed by atoms with Gasteiger partial charge < -0.3 is 15.3 Å². The quantitative estimate of drug-likeness (QED) is 0.757. The first-order chi connectivity index (χ1) is 9.06. The van der Waals surface area contributed by atoms with E-state index in [4.69, 9.17) is 0 Å². The maximum absolute atomic E-state index is 13.0. The number of likely N-dealkylation sites (N-methyl/N-ethyl adjacent to an activating group) is 1.